The summed E-state index contributed by atoms with van der Waals surface area (Å²) in [6.45, 7) is 2.41. The van der Waals surface area contributed by atoms with Gasteiger partial charge in [0.1, 0.15) is 0 Å². The highest BCUT2D eigenvalue weighted by Gasteiger charge is 2.13. The summed E-state index contributed by atoms with van der Waals surface area (Å²) in [4.78, 5) is 0. The lowest BCUT2D eigenvalue weighted by molar-refractivity contribution is 0.591. The smallest absolute Gasteiger partial charge is 0.0167 e. The molecule has 0 bridgehead atoms. The van der Waals surface area contributed by atoms with Gasteiger partial charge in [-0.15, -0.1) is 0 Å². The minimum absolute atomic E-state index is 1.19. The fourth-order valence-corrected chi connectivity index (χ4v) is 2.20. The predicted octanol–water partition coefficient (Wildman–Crippen LogP) is 2.24. The van der Waals surface area contributed by atoms with Gasteiger partial charge < -0.3 is 5.32 Å². The van der Waals surface area contributed by atoms with Gasteiger partial charge in [-0.1, -0.05) is 17.6 Å². The van der Waals surface area contributed by atoms with Crippen LogP contribution in [0.5, 0.6) is 0 Å². The van der Waals surface area contributed by atoms with Gasteiger partial charge in [-0.3, -0.25) is 0 Å². The van der Waals surface area contributed by atoms with E-state index in [1.165, 1.54) is 51.6 Å². The predicted molar refractivity (Wildman–Crippen MR) is 47.6 cm³/mol. The Kier molecular flexibility index (Phi) is 2.27. The first-order valence-corrected chi connectivity index (χ1v) is 4.87. The molecule has 1 aliphatic heterocycles. The zero-order valence-electron chi connectivity index (χ0n) is 7.16. The molecule has 0 radical (unpaired) electrons. The maximum absolute atomic E-state index is 3.41. The number of nitrogens with one attached hydrogen (secondary N) is 1. The van der Waals surface area contributed by atoms with Crippen molar-refractivity contribution in [1.82, 2.24) is 5.32 Å². The van der Waals surface area contributed by atoms with Gasteiger partial charge in [-0.2, -0.15) is 0 Å². The first-order valence-electron chi connectivity index (χ1n) is 4.87. The van der Waals surface area contributed by atoms with E-state index < -0.39 is 0 Å². The Morgan fingerprint density at radius 3 is 2.27 bits per heavy atom. The summed E-state index contributed by atoms with van der Waals surface area (Å²) in [6, 6.07) is 0. The maximum atomic E-state index is 3.41. The Labute approximate surface area is 68.9 Å². The van der Waals surface area contributed by atoms with Crippen LogP contribution in [0.2, 0.25) is 0 Å². The highest BCUT2D eigenvalue weighted by atomic mass is 14.9. The van der Waals surface area contributed by atoms with Gasteiger partial charge in [0.2, 0.25) is 0 Å². The van der Waals surface area contributed by atoms with Crippen molar-refractivity contribution in [2.45, 2.75) is 38.5 Å². The molecule has 1 heterocycles. The highest BCUT2D eigenvalue weighted by Crippen LogP contribution is 2.27. The Bertz CT molecular complexity index is 154. The lowest BCUT2D eigenvalue weighted by Gasteiger charge is -2.16. The van der Waals surface area contributed by atoms with Gasteiger partial charge in [-0.05, 0) is 38.6 Å². The Balaban J connectivity index is 2.03. The van der Waals surface area contributed by atoms with Crippen LogP contribution in [-0.4, -0.2) is 13.1 Å². The van der Waals surface area contributed by atoms with Gasteiger partial charge in [0.25, 0.3) is 0 Å². The second kappa shape index (κ2) is 3.40. The number of allylic oxidation sites excluding steroid dienone is 1. The van der Waals surface area contributed by atoms with Gasteiger partial charge >= 0.3 is 0 Å². The summed E-state index contributed by atoms with van der Waals surface area (Å²) in [5, 5.41) is 3.41. The molecule has 1 nitrogen and oxygen atoms in total. The molecular formula is C10H17N. The molecule has 0 amide bonds. The lowest BCUT2D eigenvalue weighted by Crippen LogP contribution is -2.06. The van der Waals surface area contributed by atoms with Crippen LogP contribution in [0.4, 0.5) is 0 Å². The molecule has 0 unspecified atom stereocenters. The van der Waals surface area contributed by atoms with E-state index >= 15 is 0 Å². The highest BCUT2D eigenvalue weighted by molar-refractivity contribution is 5.19. The van der Waals surface area contributed by atoms with Crippen LogP contribution < -0.4 is 5.32 Å². The summed E-state index contributed by atoms with van der Waals surface area (Å²) in [6.07, 6.45) is 8.48. The van der Waals surface area contributed by atoms with E-state index in [-0.39, 0.29) is 0 Å². The second-order valence-electron chi connectivity index (χ2n) is 3.69. The molecule has 2 rings (SSSR count). The standard InChI is InChI=1S/C10H17N/c1-2-4-9(5-3-1)10-6-7-11-8-10/h11H,1-8H2. The van der Waals surface area contributed by atoms with E-state index in [0.717, 1.165) is 0 Å². The van der Waals surface area contributed by atoms with Crippen LogP contribution in [0.25, 0.3) is 0 Å². The average molecular weight is 151 g/mol. The van der Waals surface area contributed by atoms with E-state index in [4.69, 9.17) is 0 Å². The van der Waals surface area contributed by atoms with Gasteiger partial charge in [-0.25, -0.2) is 0 Å². The number of hydrogen-bond donors (Lipinski definition) is 1. The van der Waals surface area contributed by atoms with Gasteiger partial charge in [0.15, 0.2) is 0 Å². The van der Waals surface area contributed by atoms with Crippen LogP contribution in [0.1, 0.15) is 38.5 Å². The zero-order chi connectivity index (χ0) is 7.52. The van der Waals surface area contributed by atoms with Crippen molar-refractivity contribution >= 4 is 0 Å². The van der Waals surface area contributed by atoms with Crippen molar-refractivity contribution in [3.05, 3.63) is 11.1 Å². The SMILES string of the molecule is C1CCC(=C2CCNC2)CC1. The molecule has 62 valence electrons. The van der Waals surface area contributed by atoms with Crippen LogP contribution in [-0.2, 0) is 0 Å². The van der Waals surface area contributed by atoms with Crippen molar-refractivity contribution in [3.63, 3.8) is 0 Å². The van der Waals surface area contributed by atoms with Crippen molar-refractivity contribution in [3.8, 4) is 0 Å². The van der Waals surface area contributed by atoms with E-state index in [0.29, 0.717) is 0 Å². The largest absolute Gasteiger partial charge is 0.313 e. The van der Waals surface area contributed by atoms with Gasteiger partial charge in [0.05, 0.1) is 0 Å². The molecule has 2 fully saturated rings. The third-order valence-corrected chi connectivity index (χ3v) is 2.90. The molecule has 2 aliphatic rings. The third-order valence-electron chi connectivity index (χ3n) is 2.90. The van der Waals surface area contributed by atoms with E-state index in [1.54, 1.807) is 11.1 Å². The fraction of sp³-hybridized carbons (Fsp3) is 0.800. The molecule has 1 saturated carbocycles. The Hall–Kier alpha value is -0.300. The normalized spacial score (nSPS) is 26.2. The summed E-state index contributed by atoms with van der Waals surface area (Å²) in [5.74, 6) is 0. The molecule has 0 aromatic carbocycles. The Morgan fingerprint density at radius 1 is 0.818 bits per heavy atom. The van der Waals surface area contributed by atoms with E-state index in [2.05, 4.69) is 5.32 Å². The zero-order valence-corrected chi connectivity index (χ0v) is 7.16. The van der Waals surface area contributed by atoms with Gasteiger partial charge in [0, 0.05) is 6.54 Å². The molecule has 0 atom stereocenters. The molecule has 0 aromatic heterocycles. The van der Waals surface area contributed by atoms with Crippen molar-refractivity contribution in [2.24, 2.45) is 0 Å². The average Bonchev–Trinajstić information content (AvgIpc) is 2.58. The maximum Gasteiger partial charge on any atom is 0.0167 e. The molecule has 11 heavy (non-hydrogen) atoms. The van der Waals surface area contributed by atoms with Crippen LogP contribution in [0, 0.1) is 0 Å². The molecule has 1 aliphatic carbocycles. The van der Waals surface area contributed by atoms with E-state index in [1.807, 2.05) is 0 Å². The van der Waals surface area contributed by atoms with Crippen LogP contribution in [0.15, 0.2) is 11.1 Å². The molecular weight excluding hydrogens is 134 g/mol. The number of hydrogen-bond acceptors (Lipinski definition) is 1. The summed E-state index contributed by atoms with van der Waals surface area (Å²) < 4.78 is 0. The molecule has 1 heteroatoms. The topological polar surface area (TPSA) is 12.0 Å². The number of rotatable bonds is 0. The van der Waals surface area contributed by atoms with Crippen molar-refractivity contribution < 1.29 is 0 Å². The Morgan fingerprint density at radius 2 is 1.64 bits per heavy atom. The summed E-state index contributed by atoms with van der Waals surface area (Å²) in [7, 11) is 0. The van der Waals surface area contributed by atoms with Crippen LogP contribution in [0.3, 0.4) is 0 Å². The molecule has 1 N–H and O–H groups in total. The minimum atomic E-state index is 1.19. The minimum Gasteiger partial charge on any atom is -0.313 e. The van der Waals surface area contributed by atoms with E-state index in [9.17, 15) is 0 Å². The van der Waals surface area contributed by atoms with Crippen molar-refractivity contribution in [2.75, 3.05) is 13.1 Å². The quantitative estimate of drug-likeness (QED) is 0.523. The second-order valence-corrected chi connectivity index (χ2v) is 3.69. The third kappa shape index (κ3) is 1.64. The summed E-state index contributed by atoms with van der Waals surface area (Å²) >= 11 is 0. The lowest BCUT2D eigenvalue weighted by atomic mass is 9.91. The fourth-order valence-electron chi connectivity index (χ4n) is 2.20. The summed E-state index contributed by atoms with van der Waals surface area (Å²) in [5.41, 5.74) is 3.53. The first kappa shape index (κ1) is 7.35. The molecule has 0 spiro atoms. The monoisotopic (exact) mass is 151 g/mol. The molecule has 1 saturated heterocycles. The van der Waals surface area contributed by atoms with Crippen molar-refractivity contribution in [1.29, 1.82) is 0 Å². The molecule has 0 aromatic rings. The first-order chi connectivity index (χ1) is 5.47. The van der Waals surface area contributed by atoms with Crippen LogP contribution >= 0.6 is 0 Å².